The molecule has 0 spiro atoms. The summed E-state index contributed by atoms with van der Waals surface area (Å²) in [6, 6.07) is 0. The van der Waals surface area contributed by atoms with Crippen molar-refractivity contribution in [1.29, 1.82) is 0 Å². The third-order valence-corrected chi connectivity index (χ3v) is 6.80. The Bertz CT molecular complexity index is 202. The van der Waals surface area contributed by atoms with Gasteiger partial charge >= 0.3 is 0 Å². The molecule has 0 aromatic carbocycles. The van der Waals surface area contributed by atoms with Crippen LogP contribution in [0.3, 0.4) is 0 Å². The van der Waals surface area contributed by atoms with Gasteiger partial charge in [-0.15, -0.1) is 0 Å². The molecule has 2 nitrogen and oxygen atoms in total. The third-order valence-electron chi connectivity index (χ3n) is 0.912. The van der Waals surface area contributed by atoms with Gasteiger partial charge in [-0.25, -0.2) is 0 Å². The minimum Gasteiger partial charge on any atom is -0.314 e. The van der Waals surface area contributed by atoms with Crippen molar-refractivity contribution in [1.82, 2.24) is 9.44 Å². The molecule has 2 heterocycles. The predicted molar refractivity (Wildman–Crippen MR) is 68.0 cm³/mol. The molecular weight excluding hydrogens is 268 g/mol. The van der Waals surface area contributed by atoms with Crippen molar-refractivity contribution in [3.05, 3.63) is 20.9 Å². The topological polar surface area (TPSA) is 24.1 Å². The molecule has 0 amide bonds. The van der Waals surface area contributed by atoms with Gasteiger partial charge in [0.15, 0.2) is 0 Å². The van der Waals surface area contributed by atoms with Crippen molar-refractivity contribution in [2.24, 2.45) is 0 Å². The van der Waals surface area contributed by atoms with E-state index >= 15 is 0 Å². The predicted octanol–water partition coefficient (Wildman–Crippen LogP) is 3.76. The zero-order chi connectivity index (χ0) is 8.23. The number of hydrogen-bond donors (Lipinski definition) is 2. The molecule has 66 valence electrons. The molecule has 0 unspecified atom stereocenters. The van der Waals surface area contributed by atoms with Gasteiger partial charge in [-0.05, 0) is 43.2 Å². The van der Waals surface area contributed by atoms with Gasteiger partial charge in [-0.2, -0.15) is 0 Å². The van der Waals surface area contributed by atoms with Crippen LogP contribution < -0.4 is 9.44 Å². The van der Waals surface area contributed by atoms with E-state index in [0.29, 0.717) is 0 Å². The molecule has 0 saturated heterocycles. The molecule has 12 heavy (non-hydrogen) atoms. The Morgan fingerprint density at radius 1 is 0.917 bits per heavy atom. The van der Waals surface area contributed by atoms with E-state index < -0.39 is 0 Å². The Morgan fingerprint density at radius 2 is 1.42 bits per heavy atom. The van der Waals surface area contributed by atoms with Gasteiger partial charge in [0.05, 0.1) is 10.1 Å². The fourth-order valence-corrected chi connectivity index (χ4v) is 6.93. The molecule has 0 atom stereocenters. The standard InChI is InChI=1S/C4H4N2S6/c1-3(5-11-7-1)9-10-4-2-8-12-6-4/h1-2,5-6H. The molecule has 2 rings (SSSR count). The Labute approximate surface area is 94.8 Å². The van der Waals surface area contributed by atoms with Crippen LogP contribution in [0.4, 0.5) is 0 Å². The molecule has 8 heteroatoms. The van der Waals surface area contributed by atoms with Crippen LogP contribution in [0.1, 0.15) is 0 Å². The molecule has 2 N–H and O–H groups in total. The van der Waals surface area contributed by atoms with Crippen LogP contribution in [0.2, 0.25) is 0 Å². The van der Waals surface area contributed by atoms with E-state index in [1.807, 2.05) is 0 Å². The quantitative estimate of drug-likeness (QED) is 0.592. The Kier molecular flexibility index (Phi) is 4.18. The lowest BCUT2D eigenvalue weighted by atomic mass is 11.1. The molecular formula is C4H4N2S6. The lowest BCUT2D eigenvalue weighted by molar-refractivity contribution is 1.41. The molecule has 0 aromatic heterocycles. The Morgan fingerprint density at radius 3 is 1.75 bits per heavy atom. The fourth-order valence-electron chi connectivity index (χ4n) is 0.477. The minimum atomic E-state index is 1.22. The van der Waals surface area contributed by atoms with Gasteiger partial charge in [0, 0.05) is 32.8 Å². The minimum absolute atomic E-state index is 1.22. The van der Waals surface area contributed by atoms with Gasteiger partial charge in [0.1, 0.15) is 0 Å². The van der Waals surface area contributed by atoms with E-state index in [0.717, 1.165) is 0 Å². The lowest BCUT2D eigenvalue weighted by Gasteiger charge is -2.01. The molecule has 0 saturated carbocycles. The van der Waals surface area contributed by atoms with E-state index in [-0.39, 0.29) is 0 Å². The van der Waals surface area contributed by atoms with Crippen molar-refractivity contribution in [3.8, 4) is 0 Å². The zero-order valence-corrected chi connectivity index (χ0v) is 10.5. The molecule has 0 fully saturated rings. The lowest BCUT2D eigenvalue weighted by Crippen LogP contribution is -1.93. The van der Waals surface area contributed by atoms with E-state index in [1.165, 1.54) is 10.1 Å². The first-order chi connectivity index (χ1) is 5.95. The summed E-state index contributed by atoms with van der Waals surface area (Å²) in [4.78, 5) is 0. The van der Waals surface area contributed by atoms with E-state index in [9.17, 15) is 0 Å². The molecule has 0 radical (unpaired) electrons. The van der Waals surface area contributed by atoms with Crippen molar-refractivity contribution < 1.29 is 0 Å². The van der Waals surface area contributed by atoms with Gasteiger partial charge in [0.2, 0.25) is 0 Å². The molecule has 0 aromatic rings. The maximum absolute atomic E-state index is 3.19. The average molecular weight is 272 g/mol. The largest absolute Gasteiger partial charge is 0.314 e. The number of nitrogens with one attached hydrogen (secondary N) is 2. The highest BCUT2D eigenvalue weighted by Crippen LogP contribution is 2.45. The summed E-state index contributed by atoms with van der Waals surface area (Å²) in [5, 5.41) is 6.69. The van der Waals surface area contributed by atoms with Crippen molar-refractivity contribution in [2.45, 2.75) is 0 Å². The summed E-state index contributed by atoms with van der Waals surface area (Å²) in [5.41, 5.74) is 0. The summed E-state index contributed by atoms with van der Waals surface area (Å²) in [7, 11) is 10.3. The molecule has 0 aliphatic carbocycles. The summed E-state index contributed by atoms with van der Waals surface area (Å²) >= 11 is 0. The second kappa shape index (κ2) is 5.16. The zero-order valence-electron chi connectivity index (χ0n) is 5.60. The van der Waals surface area contributed by atoms with Crippen molar-refractivity contribution in [2.75, 3.05) is 0 Å². The van der Waals surface area contributed by atoms with Crippen LogP contribution in [0.25, 0.3) is 0 Å². The monoisotopic (exact) mass is 272 g/mol. The van der Waals surface area contributed by atoms with Crippen molar-refractivity contribution >= 4 is 65.1 Å². The van der Waals surface area contributed by atoms with Crippen LogP contribution in [-0.4, -0.2) is 0 Å². The summed E-state index contributed by atoms with van der Waals surface area (Å²) in [6.07, 6.45) is 0. The third kappa shape index (κ3) is 2.85. The summed E-state index contributed by atoms with van der Waals surface area (Å²) in [5.74, 6) is 0. The van der Waals surface area contributed by atoms with Gasteiger partial charge < -0.3 is 9.44 Å². The van der Waals surface area contributed by atoms with Crippen LogP contribution >= 0.6 is 65.1 Å². The summed E-state index contributed by atoms with van der Waals surface area (Å²) in [6.45, 7) is 0. The molecule has 2 aliphatic rings. The molecule has 0 bridgehead atoms. The highest BCUT2D eigenvalue weighted by atomic mass is 33.1. The second-order valence-corrected chi connectivity index (χ2v) is 7.66. The van der Waals surface area contributed by atoms with E-state index in [4.69, 9.17) is 0 Å². The van der Waals surface area contributed by atoms with Crippen molar-refractivity contribution in [3.63, 3.8) is 0 Å². The van der Waals surface area contributed by atoms with E-state index in [1.54, 1.807) is 65.1 Å². The number of rotatable bonds is 3. The SMILES string of the molecule is C1=C(SSC2=CSSN2)NSS1. The number of hydrogen-bond acceptors (Lipinski definition) is 8. The molecule has 2 aliphatic heterocycles. The normalized spacial score (nSPS) is 21.3. The smallest absolute Gasteiger partial charge is 0.0971 e. The maximum atomic E-state index is 3.19. The van der Waals surface area contributed by atoms with E-state index in [2.05, 4.69) is 20.3 Å². The summed E-state index contributed by atoms with van der Waals surface area (Å²) < 4.78 is 6.39. The first-order valence-corrected chi connectivity index (χ1v) is 9.44. The van der Waals surface area contributed by atoms with Crippen LogP contribution in [0.15, 0.2) is 20.9 Å². The van der Waals surface area contributed by atoms with Crippen LogP contribution in [0, 0.1) is 0 Å². The highest BCUT2D eigenvalue weighted by molar-refractivity contribution is 8.82. The van der Waals surface area contributed by atoms with Gasteiger partial charge in [-0.1, -0.05) is 0 Å². The first kappa shape index (κ1) is 9.72. The fraction of sp³-hybridized carbons (Fsp3) is 0. The second-order valence-electron chi connectivity index (χ2n) is 1.69. The van der Waals surface area contributed by atoms with Crippen LogP contribution in [0.5, 0.6) is 0 Å². The highest BCUT2D eigenvalue weighted by Gasteiger charge is 2.10. The maximum Gasteiger partial charge on any atom is 0.0971 e. The van der Waals surface area contributed by atoms with Crippen LogP contribution in [-0.2, 0) is 0 Å². The van der Waals surface area contributed by atoms with Gasteiger partial charge in [0.25, 0.3) is 0 Å². The Balaban J connectivity index is 1.74. The Hall–Kier alpha value is 1.18. The van der Waals surface area contributed by atoms with Gasteiger partial charge in [-0.3, -0.25) is 0 Å². The average Bonchev–Trinajstić information content (AvgIpc) is 2.74. The first-order valence-electron chi connectivity index (χ1n) is 2.87.